The number of rotatable bonds is 3. The first-order valence-corrected chi connectivity index (χ1v) is 7.92. The van der Waals surface area contributed by atoms with E-state index in [1.54, 1.807) is 12.1 Å². The molecule has 1 aliphatic heterocycles. The number of furan rings is 1. The number of halogens is 1. The predicted octanol–water partition coefficient (Wildman–Crippen LogP) is 2.37. The van der Waals surface area contributed by atoms with E-state index in [1.807, 2.05) is 17.9 Å². The van der Waals surface area contributed by atoms with E-state index in [0.29, 0.717) is 23.0 Å². The van der Waals surface area contributed by atoms with Crippen molar-refractivity contribution >= 4 is 40.6 Å². The molecule has 0 bridgehead atoms. The van der Waals surface area contributed by atoms with E-state index in [0.717, 1.165) is 18.7 Å². The Morgan fingerprint density at radius 1 is 1.35 bits per heavy atom. The standard InChI is InChI=1S/C15H17N3O3S.ClH/c1-10-9-12(17-14(19)11-3-2-8-21-11)22-13(10)15(20)18-6-4-16-5-7-18;/h2-3,8-9,16H,4-7H2,1H3,(H,17,19);1H. The lowest BCUT2D eigenvalue weighted by atomic mass is 10.2. The third-order valence-corrected chi connectivity index (χ3v) is 4.64. The summed E-state index contributed by atoms with van der Waals surface area (Å²) in [6, 6.07) is 5.08. The summed E-state index contributed by atoms with van der Waals surface area (Å²) in [6.07, 6.45) is 1.45. The van der Waals surface area contributed by atoms with Crippen LogP contribution in [-0.2, 0) is 0 Å². The number of hydrogen-bond acceptors (Lipinski definition) is 5. The van der Waals surface area contributed by atoms with Gasteiger partial charge in [0.05, 0.1) is 16.1 Å². The third kappa shape index (κ3) is 3.93. The van der Waals surface area contributed by atoms with Gasteiger partial charge in [0.1, 0.15) is 0 Å². The molecule has 1 saturated heterocycles. The van der Waals surface area contributed by atoms with E-state index >= 15 is 0 Å². The van der Waals surface area contributed by atoms with Gasteiger partial charge in [-0.25, -0.2) is 0 Å². The molecule has 1 fully saturated rings. The van der Waals surface area contributed by atoms with Gasteiger partial charge >= 0.3 is 0 Å². The number of nitrogens with one attached hydrogen (secondary N) is 2. The average Bonchev–Trinajstić information content (AvgIpc) is 3.17. The van der Waals surface area contributed by atoms with Crippen molar-refractivity contribution in [1.82, 2.24) is 10.2 Å². The van der Waals surface area contributed by atoms with E-state index in [4.69, 9.17) is 4.42 Å². The molecule has 0 unspecified atom stereocenters. The minimum atomic E-state index is -0.313. The number of carbonyl (C=O) groups excluding carboxylic acids is 2. The number of aryl methyl sites for hydroxylation is 1. The second-order valence-corrected chi connectivity index (χ2v) is 6.15. The molecular weight excluding hydrogens is 338 g/mol. The van der Waals surface area contributed by atoms with Crippen molar-refractivity contribution in [2.45, 2.75) is 6.92 Å². The van der Waals surface area contributed by atoms with Crippen LogP contribution in [0.4, 0.5) is 5.00 Å². The summed E-state index contributed by atoms with van der Waals surface area (Å²) in [5.41, 5.74) is 0.878. The lowest BCUT2D eigenvalue weighted by Gasteiger charge is -2.27. The monoisotopic (exact) mass is 355 g/mol. The van der Waals surface area contributed by atoms with Crippen LogP contribution in [0.25, 0.3) is 0 Å². The molecule has 0 aliphatic carbocycles. The molecule has 3 heterocycles. The molecule has 6 nitrogen and oxygen atoms in total. The Morgan fingerprint density at radius 3 is 2.74 bits per heavy atom. The van der Waals surface area contributed by atoms with Crippen LogP contribution < -0.4 is 10.6 Å². The van der Waals surface area contributed by atoms with Gasteiger partial charge in [-0.15, -0.1) is 23.7 Å². The average molecular weight is 356 g/mol. The summed E-state index contributed by atoms with van der Waals surface area (Å²) in [6.45, 7) is 4.94. The Hall–Kier alpha value is -1.83. The molecule has 0 saturated carbocycles. The maximum absolute atomic E-state index is 12.5. The minimum absolute atomic E-state index is 0. The SMILES string of the molecule is Cc1cc(NC(=O)c2ccco2)sc1C(=O)N1CCNCC1.Cl. The summed E-state index contributed by atoms with van der Waals surface area (Å²) in [5.74, 6) is -0.0315. The van der Waals surface area contributed by atoms with Gasteiger partial charge in [-0.2, -0.15) is 0 Å². The number of amides is 2. The molecule has 1 aliphatic rings. The van der Waals surface area contributed by atoms with Crippen molar-refractivity contribution in [3.8, 4) is 0 Å². The second kappa shape index (κ2) is 7.63. The first-order valence-electron chi connectivity index (χ1n) is 7.10. The number of piperazine rings is 1. The van der Waals surface area contributed by atoms with Gasteiger partial charge < -0.3 is 20.0 Å². The molecule has 2 aromatic heterocycles. The first kappa shape index (κ1) is 17.5. The van der Waals surface area contributed by atoms with Crippen molar-refractivity contribution < 1.29 is 14.0 Å². The molecule has 2 aromatic rings. The van der Waals surface area contributed by atoms with Gasteiger partial charge in [-0.3, -0.25) is 9.59 Å². The molecule has 124 valence electrons. The van der Waals surface area contributed by atoms with Gasteiger partial charge in [-0.1, -0.05) is 0 Å². The van der Waals surface area contributed by atoms with Crippen LogP contribution in [0.3, 0.4) is 0 Å². The zero-order chi connectivity index (χ0) is 15.5. The quantitative estimate of drug-likeness (QED) is 0.886. The van der Waals surface area contributed by atoms with E-state index < -0.39 is 0 Å². The fourth-order valence-electron chi connectivity index (χ4n) is 2.35. The lowest BCUT2D eigenvalue weighted by Crippen LogP contribution is -2.46. The number of anilines is 1. The largest absolute Gasteiger partial charge is 0.459 e. The Labute approximate surface area is 144 Å². The van der Waals surface area contributed by atoms with Crippen LogP contribution in [0.2, 0.25) is 0 Å². The van der Waals surface area contributed by atoms with Crippen molar-refractivity contribution in [3.05, 3.63) is 40.7 Å². The lowest BCUT2D eigenvalue weighted by molar-refractivity contribution is 0.0740. The Morgan fingerprint density at radius 2 is 2.09 bits per heavy atom. The molecule has 8 heteroatoms. The van der Waals surface area contributed by atoms with Gasteiger partial charge in [0.15, 0.2) is 5.76 Å². The van der Waals surface area contributed by atoms with E-state index in [9.17, 15) is 9.59 Å². The number of nitrogens with zero attached hydrogens (tertiary/aromatic N) is 1. The Bertz CT molecular complexity index is 678. The van der Waals surface area contributed by atoms with Gasteiger partial charge in [0.25, 0.3) is 11.8 Å². The first-order chi connectivity index (χ1) is 10.6. The van der Waals surface area contributed by atoms with E-state index in [-0.39, 0.29) is 30.0 Å². The molecule has 0 radical (unpaired) electrons. The second-order valence-electron chi connectivity index (χ2n) is 5.10. The smallest absolute Gasteiger partial charge is 0.291 e. The molecule has 2 amide bonds. The van der Waals surface area contributed by atoms with Crippen molar-refractivity contribution in [3.63, 3.8) is 0 Å². The fraction of sp³-hybridized carbons (Fsp3) is 0.333. The van der Waals surface area contributed by atoms with Crippen LogP contribution in [0.1, 0.15) is 25.8 Å². The number of carbonyl (C=O) groups is 2. The summed E-state index contributed by atoms with van der Waals surface area (Å²) in [4.78, 5) is 27.0. The zero-order valence-electron chi connectivity index (χ0n) is 12.6. The highest BCUT2D eigenvalue weighted by molar-refractivity contribution is 7.18. The predicted molar refractivity (Wildman–Crippen MR) is 91.7 cm³/mol. The molecular formula is C15H18ClN3O3S. The topological polar surface area (TPSA) is 74.6 Å². The third-order valence-electron chi connectivity index (χ3n) is 3.50. The van der Waals surface area contributed by atoms with Crippen LogP contribution >= 0.6 is 23.7 Å². The van der Waals surface area contributed by atoms with Crippen molar-refractivity contribution in [1.29, 1.82) is 0 Å². The molecule has 0 aromatic carbocycles. The molecule has 0 atom stereocenters. The molecule has 2 N–H and O–H groups in total. The molecule has 23 heavy (non-hydrogen) atoms. The summed E-state index contributed by atoms with van der Waals surface area (Å²) in [5, 5.41) is 6.64. The van der Waals surface area contributed by atoms with E-state index in [1.165, 1.54) is 17.6 Å². The summed E-state index contributed by atoms with van der Waals surface area (Å²) < 4.78 is 5.06. The highest BCUT2D eigenvalue weighted by Gasteiger charge is 2.22. The number of hydrogen-bond donors (Lipinski definition) is 2. The highest BCUT2D eigenvalue weighted by atomic mass is 35.5. The summed E-state index contributed by atoms with van der Waals surface area (Å²) in [7, 11) is 0. The van der Waals surface area contributed by atoms with E-state index in [2.05, 4.69) is 10.6 Å². The van der Waals surface area contributed by atoms with Crippen LogP contribution in [-0.4, -0.2) is 42.9 Å². The highest BCUT2D eigenvalue weighted by Crippen LogP contribution is 2.28. The molecule has 0 spiro atoms. The minimum Gasteiger partial charge on any atom is -0.459 e. The van der Waals surface area contributed by atoms with Crippen molar-refractivity contribution in [2.75, 3.05) is 31.5 Å². The Kier molecular flexibility index (Phi) is 5.81. The summed E-state index contributed by atoms with van der Waals surface area (Å²) >= 11 is 1.30. The van der Waals surface area contributed by atoms with Crippen LogP contribution in [0.15, 0.2) is 28.9 Å². The van der Waals surface area contributed by atoms with Crippen LogP contribution in [0.5, 0.6) is 0 Å². The maximum Gasteiger partial charge on any atom is 0.291 e. The normalized spacial score (nSPS) is 14.2. The zero-order valence-corrected chi connectivity index (χ0v) is 14.3. The van der Waals surface area contributed by atoms with Gasteiger partial charge in [-0.05, 0) is 30.7 Å². The Balaban J connectivity index is 0.00000192. The van der Waals surface area contributed by atoms with Gasteiger partial charge in [0.2, 0.25) is 0 Å². The fourth-order valence-corrected chi connectivity index (χ4v) is 3.38. The van der Waals surface area contributed by atoms with Gasteiger partial charge in [0, 0.05) is 26.2 Å². The molecule has 3 rings (SSSR count). The maximum atomic E-state index is 12.5. The van der Waals surface area contributed by atoms with Crippen LogP contribution in [0, 0.1) is 6.92 Å². The van der Waals surface area contributed by atoms with Crippen molar-refractivity contribution in [2.24, 2.45) is 0 Å². The number of thiophene rings is 1.